The van der Waals surface area contributed by atoms with Gasteiger partial charge in [-0.2, -0.15) is 4.37 Å². The fourth-order valence-corrected chi connectivity index (χ4v) is 5.25. The van der Waals surface area contributed by atoms with Crippen molar-refractivity contribution in [3.63, 3.8) is 0 Å². The number of hydrogen-bond acceptors (Lipinski definition) is 5. The largest absolute Gasteiger partial charge is 0.481 e. The molecule has 0 atom stereocenters. The van der Waals surface area contributed by atoms with Crippen molar-refractivity contribution >= 4 is 40.9 Å². The maximum Gasteiger partial charge on any atom is 0.412 e. The summed E-state index contributed by atoms with van der Waals surface area (Å²) < 4.78 is 24.8. The zero-order chi connectivity index (χ0) is 26.2. The first kappa shape index (κ1) is 24.9. The van der Waals surface area contributed by atoms with Crippen LogP contribution in [0.5, 0.6) is 0 Å². The lowest BCUT2D eigenvalue weighted by Gasteiger charge is -2.12. The van der Waals surface area contributed by atoms with Gasteiger partial charge in [0.2, 0.25) is 0 Å². The number of aliphatic carboxylic acids is 1. The molecule has 188 valence electrons. The van der Waals surface area contributed by atoms with E-state index in [2.05, 4.69) is 9.69 Å². The summed E-state index contributed by atoms with van der Waals surface area (Å²) in [6.45, 7) is 1.76. The number of rotatable bonds is 7. The molecule has 3 aromatic carbocycles. The molecule has 6 nitrogen and oxygen atoms in total. The molecule has 4 aromatic rings. The van der Waals surface area contributed by atoms with Crippen molar-refractivity contribution in [1.82, 2.24) is 4.37 Å². The summed E-state index contributed by atoms with van der Waals surface area (Å²) in [5.74, 6) is -1.27. The van der Waals surface area contributed by atoms with E-state index in [9.17, 15) is 14.7 Å². The van der Waals surface area contributed by atoms with Gasteiger partial charge in [0.1, 0.15) is 12.4 Å². The molecule has 2 N–H and O–H groups in total. The van der Waals surface area contributed by atoms with Crippen molar-refractivity contribution in [2.45, 2.75) is 31.8 Å². The highest BCUT2D eigenvalue weighted by atomic mass is 35.5. The number of hydrogen-bond donors (Lipinski definition) is 2. The molecule has 1 fully saturated rings. The molecule has 0 radical (unpaired) electrons. The Morgan fingerprint density at radius 1 is 1.11 bits per heavy atom. The number of amides is 1. The molecule has 1 saturated carbocycles. The molecule has 0 bridgehead atoms. The van der Waals surface area contributed by atoms with Gasteiger partial charge in [-0.15, -0.1) is 0 Å². The molecule has 5 rings (SSSR count). The van der Waals surface area contributed by atoms with E-state index in [0.717, 1.165) is 17.1 Å². The Balaban J connectivity index is 1.33. The number of nitrogens with zero attached hydrogens (tertiary/aromatic N) is 1. The number of carboxylic acid groups (broad SMARTS) is 1. The number of aromatic nitrogens is 1. The molecular formula is C28H22ClFN2O4S. The Kier molecular flexibility index (Phi) is 6.70. The van der Waals surface area contributed by atoms with Gasteiger partial charge < -0.3 is 9.84 Å². The molecule has 1 aliphatic carbocycles. The molecule has 1 aromatic heterocycles. The van der Waals surface area contributed by atoms with Crippen molar-refractivity contribution in [3.8, 4) is 21.6 Å². The molecule has 0 saturated heterocycles. The Morgan fingerprint density at radius 2 is 1.81 bits per heavy atom. The van der Waals surface area contributed by atoms with E-state index >= 15 is 4.39 Å². The van der Waals surface area contributed by atoms with Gasteiger partial charge >= 0.3 is 12.1 Å². The molecule has 0 aliphatic heterocycles. The molecule has 1 amide bonds. The average Bonchev–Trinajstić information content (AvgIpc) is 3.63. The van der Waals surface area contributed by atoms with Gasteiger partial charge in [-0.1, -0.05) is 66.2 Å². The number of ether oxygens (including phenoxy) is 1. The third kappa shape index (κ3) is 4.95. The Labute approximate surface area is 221 Å². The van der Waals surface area contributed by atoms with Gasteiger partial charge in [0.25, 0.3) is 0 Å². The van der Waals surface area contributed by atoms with E-state index in [1.807, 2.05) is 0 Å². The SMILES string of the molecule is Cc1nsc(-c2ccc(-c3ccc(C4(C(=O)O)CC4)cc3)c(F)c2)c1NC(=O)OCc1ccccc1Cl. The second kappa shape index (κ2) is 9.95. The number of benzene rings is 3. The number of nitrogens with one attached hydrogen (secondary N) is 1. The van der Waals surface area contributed by atoms with Crippen molar-refractivity contribution in [3.05, 3.63) is 94.4 Å². The van der Waals surface area contributed by atoms with Crippen molar-refractivity contribution in [2.75, 3.05) is 5.32 Å². The standard InChI is InChI=1S/C28H22ClFN2O4S/c1-16-24(31-27(35)36-15-19-4-2-3-5-22(19)29)25(37-32-16)18-8-11-21(23(30)14-18)17-6-9-20(10-7-17)28(12-13-28)26(33)34/h2-11,14H,12-13,15H2,1H3,(H,31,35)(H,33,34). The monoisotopic (exact) mass is 536 g/mol. The van der Waals surface area contributed by atoms with Crippen molar-refractivity contribution < 1.29 is 23.8 Å². The van der Waals surface area contributed by atoms with Gasteiger partial charge in [-0.3, -0.25) is 10.1 Å². The third-order valence-electron chi connectivity index (χ3n) is 6.55. The Hall–Kier alpha value is -3.75. The number of halogens is 2. The van der Waals surface area contributed by atoms with Gasteiger partial charge in [0.05, 0.1) is 21.7 Å². The maximum absolute atomic E-state index is 15.2. The van der Waals surface area contributed by atoms with Gasteiger partial charge in [-0.25, -0.2) is 9.18 Å². The highest BCUT2D eigenvalue weighted by Crippen LogP contribution is 2.48. The van der Waals surface area contributed by atoms with Crippen LogP contribution in [0.1, 0.15) is 29.7 Å². The molecule has 1 aliphatic rings. The van der Waals surface area contributed by atoms with Crippen LogP contribution in [0.2, 0.25) is 5.02 Å². The first-order chi connectivity index (χ1) is 17.8. The smallest absolute Gasteiger partial charge is 0.412 e. The summed E-state index contributed by atoms with van der Waals surface area (Å²) in [5.41, 5.74) is 3.26. The van der Waals surface area contributed by atoms with E-state index in [0.29, 0.717) is 56.4 Å². The topological polar surface area (TPSA) is 88.5 Å². The van der Waals surface area contributed by atoms with Crippen LogP contribution in [0.3, 0.4) is 0 Å². The molecule has 0 spiro atoms. The quantitative estimate of drug-likeness (QED) is 0.256. The summed E-state index contributed by atoms with van der Waals surface area (Å²) in [6.07, 6.45) is 0.558. The average molecular weight is 537 g/mol. The summed E-state index contributed by atoms with van der Waals surface area (Å²) in [5, 5.41) is 12.7. The minimum absolute atomic E-state index is 0.00710. The predicted octanol–water partition coefficient (Wildman–Crippen LogP) is 7.44. The van der Waals surface area contributed by atoms with Crippen LogP contribution in [-0.4, -0.2) is 21.5 Å². The third-order valence-corrected chi connectivity index (χ3v) is 7.90. The number of carbonyl (C=O) groups is 2. The van der Waals surface area contributed by atoms with E-state index < -0.39 is 23.3 Å². The zero-order valence-corrected chi connectivity index (χ0v) is 21.3. The predicted molar refractivity (Wildman–Crippen MR) is 141 cm³/mol. The molecule has 0 unspecified atom stereocenters. The second-order valence-electron chi connectivity index (χ2n) is 8.92. The van der Waals surface area contributed by atoms with E-state index in [1.165, 1.54) is 6.07 Å². The molecule has 9 heteroatoms. The Bertz CT molecular complexity index is 1500. The first-order valence-electron chi connectivity index (χ1n) is 11.6. The fraction of sp³-hybridized carbons (Fsp3) is 0.179. The number of carboxylic acids is 1. The van der Waals surface area contributed by atoms with Gasteiger partial charge in [0.15, 0.2) is 0 Å². The lowest BCUT2D eigenvalue weighted by molar-refractivity contribution is -0.140. The Morgan fingerprint density at radius 3 is 2.46 bits per heavy atom. The maximum atomic E-state index is 15.2. The molecule has 37 heavy (non-hydrogen) atoms. The summed E-state index contributed by atoms with van der Waals surface area (Å²) in [6, 6.07) is 18.9. The summed E-state index contributed by atoms with van der Waals surface area (Å²) in [7, 11) is 0. The van der Waals surface area contributed by atoms with Crippen LogP contribution in [0.4, 0.5) is 14.9 Å². The minimum atomic E-state index is -0.826. The van der Waals surface area contributed by atoms with Crippen LogP contribution < -0.4 is 5.32 Å². The molecule has 1 heterocycles. The number of aryl methyl sites for hydroxylation is 1. The van der Waals surface area contributed by atoms with E-state index in [1.54, 1.807) is 67.6 Å². The zero-order valence-electron chi connectivity index (χ0n) is 19.8. The van der Waals surface area contributed by atoms with Crippen LogP contribution in [0.15, 0.2) is 66.7 Å². The lowest BCUT2D eigenvalue weighted by atomic mass is 9.93. The normalized spacial score (nSPS) is 13.7. The van der Waals surface area contributed by atoms with Gasteiger partial charge in [0, 0.05) is 16.1 Å². The second-order valence-corrected chi connectivity index (χ2v) is 10.1. The highest BCUT2D eigenvalue weighted by molar-refractivity contribution is 7.10. The fourth-order valence-electron chi connectivity index (χ4n) is 4.22. The van der Waals surface area contributed by atoms with Crippen LogP contribution in [-0.2, 0) is 21.6 Å². The minimum Gasteiger partial charge on any atom is -0.481 e. The highest BCUT2D eigenvalue weighted by Gasteiger charge is 2.51. The van der Waals surface area contributed by atoms with Crippen LogP contribution in [0.25, 0.3) is 21.6 Å². The van der Waals surface area contributed by atoms with Crippen LogP contribution in [0, 0.1) is 12.7 Å². The lowest BCUT2D eigenvalue weighted by Crippen LogP contribution is -2.19. The summed E-state index contributed by atoms with van der Waals surface area (Å²) in [4.78, 5) is 24.6. The van der Waals surface area contributed by atoms with E-state index in [-0.39, 0.29) is 6.61 Å². The van der Waals surface area contributed by atoms with Gasteiger partial charge in [-0.05, 0) is 60.1 Å². The number of carbonyl (C=O) groups excluding carboxylic acids is 1. The number of anilines is 1. The van der Waals surface area contributed by atoms with E-state index in [4.69, 9.17) is 16.3 Å². The molecular weight excluding hydrogens is 515 g/mol. The first-order valence-corrected chi connectivity index (χ1v) is 12.7. The van der Waals surface area contributed by atoms with Crippen LogP contribution >= 0.6 is 23.1 Å². The van der Waals surface area contributed by atoms with Crippen molar-refractivity contribution in [2.24, 2.45) is 0 Å². The van der Waals surface area contributed by atoms with Crippen molar-refractivity contribution in [1.29, 1.82) is 0 Å². The summed E-state index contributed by atoms with van der Waals surface area (Å²) >= 11 is 7.27.